The van der Waals surface area contributed by atoms with Crippen molar-refractivity contribution in [3.63, 3.8) is 0 Å². The van der Waals surface area contributed by atoms with Crippen molar-refractivity contribution < 1.29 is 22.6 Å². The number of hydrogen-bond acceptors (Lipinski definition) is 5. The van der Waals surface area contributed by atoms with E-state index in [2.05, 4.69) is 4.72 Å². The minimum Gasteiger partial charge on any atom is -0.371 e. The summed E-state index contributed by atoms with van der Waals surface area (Å²) in [5.41, 5.74) is 0. The Bertz CT molecular complexity index is 366. The molecule has 0 saturated carbocycles. The summed E-state index contributed by atoms with van der Waals surface area (Å²) in [4.78, 5) is 0. The van der Waals surface area contributed by atoms with Gasteiger partial charge < -0.3 is 14.2 Å². The molecule has 7 heteroatoms. The lowest BCUT2D eigenvalue weighted by Crippen LogP contribution is -2.39. The van der Waals surface area contributed by atoms with E-state index in [1.165, 1.54) is 0 Å². The number of rotatable bonds is 3. The zero-order chi connectivity index (χ0) is 12.0. The van der Waals surface area contributed by atoms with Gasteiger partial charge in [0.2, 0.25) is 10.0 Å². The van der Waals surface area contributed by atoms with Crippen molar-refractivity contribution in [2.75, 3.05) is 19.4 Å². The van der Waals surface area contributed by atoms with E-state index >= 15 is 0 Å². The van der Waals surface area contributed by atoms with Crippen molar-refractivity contribution >= 4 is 10.0 Å². The van der Waals surface area contributed by atoms with E-state index in [0.29, 0.717) is 6.61 Å². The summed E-state index contributed by atoms with van der Waals surface area (Å²) < 4.78 is 41.1. The highest BCUT2D eigenvalue weighted by Crippen LogP contribution is 2.34. The first-order valence-corrected chi connectivity index (χ1v) is 7.08. The fraction of sp³-hybridized carbons (Fsp3) is 1.00. The minimum absolute atomic E-state index is 0.0960. The van der Waals surface area contributed by atoms with E-state index in [4.69, 9.17) is 14.2 Å². The second kappa shape index (κ2) is 3.92. The van der Waals surface area contributed by atoms with Crippen molar-refractivity contribution in [2.24, 2.45) is 0 Å². The largest absolute Gasteiger partial charge is 0.371 e. The van der Waals surface area contributed by atoms with Crippen LogP contribution in [0.5, 0.6) is 0 Å². The maximum Gasteiger partial charge on any atom is 0.208 e. The molecular formula is C9H17NO5S. The standard InChI is InChI=1S/C9H17NO5S/c1-9(2)14-7-5-13-6(8(7)15-9)4-10-16(3,11)12/h6-8,10H,4-5H2,1-3H3/t6-,7+,8+/m1/s1. The average Bonchev–Trinajstić information content (AvgIpc) is 2.55. The van der Waals surface area contributed by atoms with Crippen LogP contribution in [0.4, 0.5) is 0 Å². The van der Waals surface area contributed by atoms with Gasteiger partial charge in [-0.1, -0.05) is 0 Å². The molecule has 2 heterocycles. The lowest BCUT2D eigenvalue weighted by atomic mass is 10.1. The smallest absolute Gasteiger partial charge is 0.208 e. The molecule has 0 spiro atoms. The van der Waals surface area contributed by atoms with Gasteiger partial charge in [0.15, 0.2) is 5.79 Å². The Hall–Kier alpha value is -0.210. The Balaban J connectivity index is 1.94. The third-order valence-electron chi connectivity index (χ3n) is 2.61. The first-order valence-electron chi connectivity index (χ1n) is 5.19. The van der Waals surface area contributed by atoms with E-state index in [1.807, 2.05) is 13.8 Å². The molecule has 0 radical (unpaired) electrons. The maximum absolute atomic E-state index is 11.0. The summed E-state index contributed by atoms with van der Waals surface area (Å²) >= 11 is 0. The van der Waals surface area contributed by atoms with Gasteiger partial charge >= 0.3 is 0 Å². The zero-order valence-electron chi connectivity index (χ0n) is 9.60. The lowest BCUT2D eigenvalue weighted by molar-refractivity contribution is -0.174. The van der Waals surface area contributed by atoms with Gasteiger partial charge in [-0.05, 0) is 13.8 Å². The number of hydrogen-bond donors (Lipinski definition) is 1. The van der Waals surface area contributed by atoms with Crippen LogP contribution in [0.2, 0.25) is 0 Å². The van der Waals surface area contributed by atoms with Crippen molar-refractivity contribution in [3.05, 3.63) is 0 Å². The molecule has 0 bridgehead atoms. The molecule has 2 fully saturated rings. The maximum atomic E-state index is 11.0. The van der Waals surface area contributed by atoms with Crippen molar-refractivity contribution in [2.45, 2.75) is 37.9 Å². The summed E-state index contributed by atoms with van der Waals surface area (Å²) in [5, 5.41) is 0. The Morgan fingerprint density at radius 1 is 1.38 bits per heavy atom. The van der Waals surface area contributed by atoms with Crippen LogP contribution in [0, 0.1) is 0 Å². The molecule has 0 unspecified atom stereocenters. The molecule has 2 saturated heterocycles. The van der Waals surface area contributed by atoms with Gasteiger partial charge in [0.25, 0.3) is 0 Å². The molecule has 3 atom stereocenters. The number of sulfonamides is 1. The van der Waals surface area contributed by atoms with E-state index < -0.39 is 15.8 Å². The zero-order valence-corrected chi connectivity index (χ0v) is 10.4. The fourth-order valence-electron chi connectivity index (χ4n) is 2.03. The molecule has 0 aliphatic carbocycles. The monoisotopic (exact) mass is 251 g/mol. The van der Waals surface area contributed by atoms with Crippen LogP contribution in [0.25, 0.3) is 0 Å². The highest BCUT2D eigenvalue weighted by molar-refractivity contribution is 7.88. The second-order valence-electron chi connectivity index (χ2n) is 4.63. The van der Waals surface area contributed by atoms with E-state index in [1.54, 1.807) is 0 Å². The topological polar surface area (TPSA) is 73.9 Å². The fourth-order valence-corrected chi connectivity index (χ4v) is 2.50. The van der Waals surface area contributed by atoms with Gasteiger partial charge in [0, 0.05) is 6.54 Å². The predicted molar refractivity (Wildman–Crippen MR) is 56.4 cm³/mol. The quantitative estimate of drug-likeness (QED) is 0.729. The van der Waals surface area contributed by atoms with Crippen LogP contribution in [0.1, 0.15) is 13.8 Å². The molecular weight excluding hydrogens is 234 g/mol. The first-order chi connectivity index (χ1) is 7.27. The van der Waals surface area contributed by atoms with Gasteiger partial charge in [0.05, 0.1) is 12.9 Å². The minimum atomic E-state index is -3.20. The molecule has 2 aliphatic rings. The molecule has 2 aliphatic heterocycles. The van der Waals surface area contributed by atoms with Crippen molar-refractivity contribution in [1.29, 1.82) is 0 Å². The molecule has 0 amide bonds. The summed E-state index contributed by atoms with van der Waals surface area (Å²) in [5.74, 6) is -0.609. The molecule has 0 aromatic carbocycles. The van der Waals surface area contributed by atoms with Crippen LogP contribution in [0.3, 0.4) is 0 Å². The summed E-state index contributed by atoms with van der Waals surface area (Å²) in [7, 11) is -3.20. The third kappa shape index (κ3) is 2.72. The van der Waals surface area contributed by atoms with Crippen LogP contribution in [-0.4, -0.2) is 51.9 Å². The molecule has 0 aromatic heterocycles. The first kappa shape index (κ1) is 12.3. The molecule has 94 valence electrons. The molecule has 0 aromatic rings. The van der Waals surface area contributed by atoms with Gasteiger partial charge in [0.1, 0.15) is 18.3 Å². The summed E-state index contributed by atoms with van der Waals surface area (Å²) in [6, 6.07) is 0. The van der Waals surface area contributed by atoms with E-state index in [-0.39, 0.29) is 24.9 Å². The highest BCUT2D eigenvalue weighted by Gasteiger charge is 2.49. The van der Waals surface area contributed by atoms with Crippen molar-refractivity contribution in [3.8, 4) is 0 Å². The van der Waals surface area contributed by atoms with Crippen LogP contribution in [0.15, 0.2) is 0 Å². The SMILES string of the molecule is CC1(C)O[C@@H]2[C@H](CO[C@@H]2CNS(C)(=O)=O)O1. The molecule has 16 heavy (non-hydrogen) atoms. The van der Waals surface area contributed by atoms with Gasteiger partial charge in [-0.25, -0.2) is 13.1 Å². The average molecular weight is 251 g/mol. The van der Waals surface area contributed by atoms with Crippen LogP contribution in [-0.2, 0) is 24.2 Å². The van der Waals surface area contributed by atoms with Crippen molar-refractivity contribution in [1.82, 2.24) is 4.72 Å². The van der Waals surface area contributed by atoms with Gasteiger partial charge in [-0.15, -0.1) is 0 Å². The number of ether oxygens (including phenoxy) is 3. The number of fused-ring (bicyclic) bond motifs is 1. The Morgan fingerprint density at radius 3 is 2.69 bits per heavy atom. The van der Waals surface area contributed by atoms with Gasteiger partial charge in [-0.3, -0.25) is 0 Å². The van der Waals surface area contributed by atoms with Gasteiger partial charge in [-0.2, -0.15) is 0 Å². The lowest BCUT2D eigenvalue weighted by Gasteiger charge is -2.21. The number of nitrogens with one attached hydrogen (secondary N) is 1. The summed E-state index contributed by atoms with van der Waals surface area (Å²) in [6.07, 6.45) is 0.558. The van der Waals surface area contributed by atoms with E-state index in [0.717, 1.165) is 6.26 Å². The molecule has 6 nitrogen and oxygen atoms in total. The third-order valence-corrected chi connectivity index (χ3v) is 3.30. The Morgan fingerprint density at radius 2 is 2.06 bits per heavy atom. The van der Waals surface area contributed by atoms with Crippen LogP contribution >= 0.6 is 0 Å². The Kier molecular flexibility index (Phi) is 3.00. The molecule has 2 rings (SSSR count). The summed E-state index contributed by atoms with van der Waals surface area (Å²) in [6.45, 7) is 4.35. The predicted octanol–water partition coefficient (Wildman–Crippen LogP) is -0.545. The Labute approximate surface area is 95.3 Å². The second-order valence-corrected chi connectivity index (χ2v) is 6.46. The normalized spacial score (nSPS) is 37.6. The van der Waals surface area contributed by atoms with E-state index in [9.17, 15) is 8.42 Å². The molecule has 1 N–H and O–H groups in total. The highest BCUT2D eigenvalue weighted by atomic mass is 32.2. The van der Waals surface area contributed by atoms with Crippen LogP contribution < -0.4 is 4.72 Å².